The Kier molecular flexibility index (Phi) is 4.82. The first-order valence-corrected chi connectivity index (χ1v) is 8.12. The monoisotopic (exact) mass is 312 g/mol. The van der Waals surface area contributed by atoms with Crippen LogP contribution in [0.15, 0.2) is 36.5 Å². The van der Waals surface area contributed by atoms with Crippen molar-refractivity contribution in [3.05, 3.63) is 53.3 Å². The van der Waals surface area contributed by atoms with Crippen molar-refractivity contribution in [2.45, 2.75) is 32.9 Å². The molecule has 3 rings (SSSR count). The van der Waals surface area contributed by atoms with Crippen LogP contribution in [0.5, 0.6) is 11.5 Å². The molecule has 4 nitrogen and oxygen atoms in total. The predicted molar refractivity (Wildman–Crippen MR) is 91.0 cm³/mol. The van der Waals surface area contributed by atoms with Crippen LogP contribution < -0.4 is 9.47 Å². The summed E-state index contributed by atoms with van der Waals surface area (Å²) in [6.45, 7) is 6.48. The van der Waals surface area contributed by atoms with Crippen LogP contribution in [-0.2, 0) is 13.0 Å². The summed E-state index contributed by atoms with van der Waals surface area (Å²) in [6, 6.07) is 10.8. The van der Waals surface area contributed by atoms with E-state index < -0.39 is 0 Å². The molecular formula is C19H24N2O2. The maximum absolute atomic E-state index is 5.66. The zero-order chi connectivity index (χ0) is 16.2. The van der Waals surface area contributed by atoms with Crippen LogP contribution in [-0.4, -0.2) is 36.2 Å². The average Bonchev–Trinajstić information content (AvgIpc) is 2.54. The third-order valence-corrected chi connectivity index (χ3v) is 4.27. The van der Waals surface area contributed by atoms with Gasteiger partial charge in [0.05, 0.1) is 0 Å². The Hall–Kier alpha value is -2.07. The molecule has 1 aromatic heterocycles. The first kappa shape index (κ1) is 15.8. The number of benzene rings is 1. The minimum atomic E-state index is 0.414. The van der Waals surface area contributed by atoms with Crippen LogP contribution >= 0.6 is 0 Å². The number of hydrogen-bond acceptors (Lipinski definition) is 4. The summed E-state index contributed by atoms with van der Waals surface area (Å²) in [5.74, 6) is 1.70. The van der Waals surface area contributed by atoms with Gasteiger partial charge in [0.1, 0.15) is 13.2 Å². The molecule has 1 aliphatic rings. The highest BCUT2D eigenvalue weighted by Gasteiger charge is 2.15. The van der Waals surface area contributed by atoms with Gasteiger partial charge in [-0.3, -0.25) is 9.88 Å². The molecule has 1 aliphatic heterocycles. The standard InChI is InChI=1S/C19H24N2O2/c1-14-6-7-20-17(10-14)11-15(2)21(3)13-16-4-5-18-19(12-16)23-9-8-22-18/h4-7,10,12,15H,8-9,11,13H2,1-3H3/t15-/m1/s1. The zero-order valence-corrected chi connectivity index (χ0v) is 14.1. The summed E-state index contributed by atoms with van der Waals surface area (Å²) in [4.78, 5) is 6.81. The Labute approximate surface area is 138 Å². The van der Waals surface area contributed by atoms with Crippen LogP contribution in [0, 0.1) is 6.92 Å². The fourth-order valence-corrected chi connectivity index (χ4v) is 2.80. The van der Waals surface area contributed by atoms with Gasteiger partial charge in [0.15, 0.2) is 11.5 Å². The van der Waals surface area contributed by atoms with E-state index in [4.69, 9.17) is 9.47 Å². The summed E-state index contributed by atoms with van der Waals surface area (Å²) in [5, 5.41) is 0. The number of pyridine rings is 1. The Balaban J connectivity index is 1.63. The van der Waals surface area contributed by atoms with Gasteiger partial charge in [0.2, 0.25) is 0 Å². The second kappa shape index (κ2) is 7.01. The maximum atomic E-state index is 5.66. The Morgan fingerprint density at radius 1 is 1.13 bits per heavy atom. The Morgan fingerprint density at radius 2 is 1.91 bits per heavy atom. The molecule has 0 aliphatic carbocycles. The Bertz CT molecular complexity index is 672. The molecule has 0 N–H and O–H groups in total. The molecule has 0 fully saturated rings. The molecule has 0 bridgehead atoms. The van der Waals surface area contributed by atoms with Crippen molar-refractivity contribution in [2.75, 3.05) is 20.3 Å². The number of aromatic nitrogens is 1. The van der Waals surface area contributed by atoms with E-state index in [-0.39, 0.29) is 0 Å². The maximum Gasteiger partial charge on any atom is 0.161 e. The third-order valence-electron chi connectivity index (χ3n) is 4.27. The lowest BCUT2D eigenvalue weighted by atomic mass is 10.1. The fourth-order valence-electron chi connectivity index (χ4n) is 2.80. The largest absolute Gasteiger partial charge is 0.486 e. The highest BCUT2D eigenvalue weighted by Crippen LogP contribution is 2.31. The molecule has 23 heavy (non-hydrogen) atoms. The quantitative estimate of drug-likeness (QED) is 0.849. The number of likely N-dealkylation sites (N-methyl/N-ethyl adjacent to an activating group) is 1. The molecule has 1 atom stereocenters. The fraction of sp³-hybridized carbons (Fsp3) is 0.421. The molecule has 0 saturated heterocycles. The van der Waals surface area contributed by atoms with E-state index in [1.165, 1.54) is 11.1 Å². The summed E-state index contributed by atoms with van der Waals surface area (Å²) in [6.07, 6.45) is 2.83. The molecule has 0 saturated carbocycles. The van der Waals surface area contributed by atoms with Crippen molar-refractivity contribution in [1.29, 1.82) is 0 Å². The number of aryl methyl sites for hydroxylation is 1. The molecule has 0 radical (unpaired) electrons. The number of ether oxygens (including phenoxy) is 2. The van der Waals surface area contributed by atoms with E-state index in [0.29, 0.717) is 19.3 Å². The van der Waals surface area contributed by atoms with E-state index in [0.717, 1.165) is 30.2 Å². The number of rotatable bonds is 5. The first-order chi connectivity index (χ1) is 11.1. The van der Waals surface area contributed by atoms with E-state index in [1.807, 2.05) is 18.3 Å². The minimum Gasteiger partial charge on any atom is -0.486 e. The predicted octanol–water partition coefficient (Wildman–Crippen LogP) is 3.22. The molecule has 2 aromatic rings. The van der Waals surface area contributed by atoms with Crippen molar-refractivity contribution >= 4 is 0 Å². The molecule has 1 aromatic carbocycles. The van der Waals surface area contributed by atoms with E-state index in [2.05, 4.69) is 49.0 Å². The molecule has 0 unspecified atom stereocenters. The molecule has 122 valence electrons. The van der Waals surface area contributed by atoms with E-state index in [9.17, 15) is 0 Å². The van der Waals surface area contributed by atoms with Crippen LogP contribution in [0.4, 0.5) is 0 Å². The van der Waals surface area contributed by atoms with Crippen LogP contribution in [0.1, 0.15) is 23.7 Å². The SMILES string of the molecule is Cc1ccnc(C[C@@H](C)N(C)Cc2ccc3c(c2)OCCO3)c1. The number of fused-ring (bicyclic) bond motifs is 1. The summed E-state index contributed by atoms with van der Waals surface area (Å²) >= 11 is 0. The van der Waals surface area contributed by atoms with Gasteiger partial charge in [-0.15, -0.1) is 0 Å². The molecular weight excluding hydrogens is 288 g/mol. The summed E-state index contributed by atoms with van der Waals surface area (Å²) in [7, 11) is 2.15. The minimum absolute atomic E-state index is 0.414. The first-order valence-electron chi connectivity index (χ1n) is 8.12. The van der Waals surface area contributed by atoms with Crippen LogP contribution in [0.3, 0.4) is 0 Å². The molecule has 0 amide bonds. The smallest absolute Gasteiger partial charge is 0.161 e. The van der Waals surface area contributed by atoms with Gasteiger partial charge in [0, 0.05) is 30.9 Å². The highest BCUT2D eigenvalue weighted by molar-refractivity contribution is 5.43. The second-order valence-electron chi connectivity index (χ2n) is 6.27. The third kappa shape index (κ3) is 4.02. The van der Waals surface area contributed by atoms with Crippen molar-refractivity contribution in [1.82, 2.24) is 9.88 Å². The normalized spacial score (nSPS) is 14.8. The van der Waals surface area contributed by atoms with Crippen LogP contribution in [0.2, 0.25) is 0 Å². The van der Waals surface area contributed by atoms with Gasteiger partial charge >= 0.3 is 0 Å². The average molecular weight is 312 g/mol. The lowest BCUT2D eigenvalue weighted by Crippen LogP contribution is -2.30. The van der Waals surface area contributed by atoms with Crippen molar-refractivity contribution < 1.29 is 9.47 Å². The molecule has 4 heteroatoms. The van der Waals surface area contributed by atoms with Crippen LogP contribution in [0.25, 0.3) is 0 Å². The topological polar surface area (TPSA) is 34.6 Å². The number of nitrogens with zero attached hydrogens (tertiary/aromatic N) is 2. The zero-order valence-electron chi connectivity index (χ0n) is 14.1. The van der Waals surface area contributed by atoms with Gasteiger partial charge in [-0.1, -0.05) is 6.07 Å². The molecule has 2 heterocycles. The lowest BCUT2D eigenvalue weighted by molar-refractivity contribution is 0.171. The highest BCUT2D eigenvalue weighted by atomic mass is 16.6. The van der Waals surface area contributed by atoms with Gasteiger partial charge in [0.25, 0.3) is 0 Å². The van der Waals surface area contributed by atoms with E-state index in [1.54, 1.807) is 0 Å². The molecule has 0 spiro atoms. The second-order valence-corrected chi connectivity index (χ2v) is 6.27. The Morgan fingerprint density at radius 3 is 2.70 bits per heavy atom. The van der Waals surface area contributed by atoms with E-state index >= 15 is 0 Å². The van der Waals surface area contributed by atoms with Crippen molar-refractivity contribution in [3.63, 3.8) is 0 Å². The number of hydrogen-bond donors (Lipinski definition) is 0. The lowest BCUT2D eigenvalue weighted by Gasteiger charge is -2.25. The van der Waals surface area contributed by atoms with Gasteiger partial charge in [-0.25, -0.2) is 0 Å². The van der Waals surface area contributed by atoms with Gasteiger partial charge < -0.3 is 9.47 Å². The van der Waals surface area contributed by atoms with Crippen molar-refractivity contribution in [3.8, 4) is 11.5 Å². The van der Waals surface area contributed by atoms with Gasteiger partial charge in [-0.2, -0.15) is 0 Å². The van der Waals surface area contributed by atoms with Crippen molar-refractivity contribution in [2.24, 2.45) is 0 Å². The summed E-state index contributed by atoms with van der Waals surface area (Å²) in [5.41, 5.74) is 3.64. The summed E-state index contributed by atoms with van der Waals surface area (Å²) < 4.78 is 11.2. The van der Waals surface area contributed by atoms with Gasteiger partial charge in [-0.05, 0) is 56.3 Å².